The van der Waals surface area contributed by atoms with Gasteiger partial charge < -0.3 is 15.1 Å². The van der Waals surface area contributed by atoms with Gasteiger partial charge in [0.05, 0.1) is 0 Å². The van der Waals surface area contributed by atoms with E-state index in [1.165, 1.54) is 6.07 Å². The zero-order valence-electron chi connectivity index (χ0n) is 11.3. The number of hydrogen-bond acceptors (Lipinski definition) is 3. The SMILES string of the molecule is Cc1ccc(C(=O)N(CCCO)C2CCC2)cc1O. The van der Waals surface area contributed by atoms with Crippen molar-refractivity contribution in [2.75, 3.05) is 13.2 Å². The Morgan fingerprint density at radius 2 is 2.16 bits per heavy atom. The molecule has 104 valence electrons. The summed E-state index contributed by atoms with van der Waals surface area (Å²) >= 11 is 0. The van der Waals surface area contributed by atoms with Crippen LogP contribution in [0.25, 0.3) is 0 Å². The minimum Gasteiger partial charge on any atom is -0.508 e. The average molecular weight is 263 g/mol. The van der Waals surface area contributed by atoms with Gasteiger partial charge in [-0.3, -0.25) is 4.79 Å². The Balaban J connectivity index is 2.15. The number of nitrogens with zero attached hydrogens (tertiary/aromatic N) is 1. The fraction of sp³-hybridized carbons (Fsp3) is 0.533. The van der Waals surface area contributed by atoms with Crippen LogP contribution >= 0.6 is 0 Å². The second kappa shape index (κ2) is 6.06. The normalized spacial score (nSPS) is 15.1. The molecular weight excluding hydrogens is 242 g/mol. The van der Waals surface area contributed by atoms with Gasteiger partial charge in [-0.1, -0.05) is 6.07 Å². The Morgan fingerprint density at radius 3 is 2.68 bits per heavy atom. The summed E-state index contributed by atoms with van der Waals surface area (Å²) in [5.74, 6) is 0.106. The van der Waals surface area contributed by atoms with E-state index in [4.69, 9.17) is 5.11 Å². The first-order valence-corrected chi connectivity index (χ1v) is 6.85. The number of phenolic OH excluding ortho intramolecular Hbond substituents is 1. The molecule has 1 aliphatic rings. The molecule has 0 radical (unpaired) electrons. The van der Waals surface area contributed by atoms with Gasteiger partial charge >= 0.3 is 0 Å². The minimum absolute atomic E-state index is 0.0477. The molecule has 19 heavy (non-hydrogen) atoms. The maximum absolute atomic E-state index is 12.5. The topological polar surface area (TPSA) is 60.8 Å². The second-order valence-corrected chi connectivity index (χ2v) is 5.16. The summed E-state index contributed by atoms with van der Waals surface area (Å²) in [5.41, 5.74) is 1.29. The van der Waals surface area contributed by atoms with E-state index < -0.39 is 0 Å². The van der Waals surface area contributed by atoms with Gasteiger partial charge in [0.2, 0.25) is 0 Å². The molecule has 1 fully saturated rings. The summed E-state index contributed by atoms with van der Waals surface area (Å²) in [7, 11) is 0. The molecule has 0 unspecified atom stereocenters. The Morgan fingerprint density at radius 1 is 1.42 bits per heavy atom. The Bertz CT molecular complexity index is 455. The Hall–Kier alpha value is -1.55. The van der Waals surface area contributed by atoms with Gasteiger partial charge in [0.15, 0.2) is 0 Å². The number of aliphatic hydroxyl groups is 1. The highest BCUT2D eigenvalue weighted by molar-refractivity contribution is 5.95. The van der Waals surface area contributed by atoms with Crippen LogP contribution in [0.3, 0.4) is 0 Å². The quantitative estimate of drug-likeness (QED) is 0.855. The molecule has 0 heterocycles. The lowest BCUT2D eigenvalue weighted by molar-refractivity contribution is 0.0562. The lowest BCUT2D eigenvalue weighted by Crippen LogP contribution is -2.44. The molecule has 1 aliphatic carbocycles. The van der Waals surface area contributed by atoms with Crippen molar-refractivity contribution in [3.8, 4) is 5.75 Å². The third-order valence-corrected chi connectivity index (χ3v) is 3.79. The van der Waals surface area contributed by atoms with Gasteiger partial charge in [0.25, 0.3) is 5.91 Å². The van der Waals surface area contributed by atoms with E-state index in [-0.39, 0.29) is 18.3 Å². The molecule has 0 aliphatic heterocycles. The van der Waals surface area contributed by atoms with Crippen LogP contribution in [0.1, 0.15) is 41.6 Å². The van der Waals surface area contributed by atoms with Gasteiger partial charge in [0, 0.05) is 24.8 Å². The number of amides is 1. The second-order valence-electron chi connectivity index (χ2n) is 5.16. The summed E-state index contributed by atoms with van der Waals surface area (Å²) in [6.45, 7) is 2.48. The fourth-order valence-electron chi connectivity index (χ4n) is 2.30. The number of aromatic hydroxyl groups is 1. The van der Waals surface area contributed by atoms with Crippen molar-refractivity contribution in [1.29, 1.82) is 0 Å². The van der Waals surface area contributed by atoms with Crippen molar-refractivity contribution >= 4 is 5.91 Å². The smallest absolute Gasteiger partial charge is 0.254 e. The largest absolute Gasteiger partial charge is 0.508 e. The molecule has 1 aromatic rings. The summed E-state index contributed by atoms with van der Waals surface area (Å²) in [6.07, 6.45) is 3.83. The summed E-state index contributed by atoms with van der Waals surface area (Å²) in [6, 6.07) is 5.33. The third-order valence-electron chi connectivity index (χ3n) is 3.79. The number of aliphatic hydroxyl groups excluding tert-OH is 1. The fourth-order valence-corrected chi connectivity index (χ4v) is 2.30. The highest BCUT2D eigenvalue weighted by Gasteiger charge is 2.29. The summed E-state index contributed by atoms with van der Waals surface area (Å²) in [5, 5.41) is 18.6. The summed E-state index contributed by atoms with van der Waals surface area (Å²) in [4.78, 5) is 14.3. The van der Waals surface area contributed by atoms with Gasteiger partial charge in [0.1, 0.15) is 5.75 Å². The number of carbonyl (C=O) groups excluding carboxylic acids is 1. The van der Waals surface area contributed by atoms with Gasteiger partial charge in [-0.05, 0) is 50.3 Å². The molecule has 2 rings (SSSR count). The third kappa shape index (κ3) is 3.07. The standard InChI is InChI=1S/C15H21NO3/c1-11-6-7-12(10-14(11)18)15(19)16(8-3-9-17)13-4-2-5-13/h6-7,10,13,17-18H,2-5,8-9H2,1H3. The first-order valence-electron chi connectivity index (χ1n) is 6.85. The predicted octanol–water partition coefficient (Wildman–Crippen LogP) is 2.08. The van der Waals surface area contributed by atoms with Crippen molar-refractivity contribution in [1.82, 2.24) is 4.90 Å². The van der Waals surface area contributed by atoms with Crippen LogP contribution in [0, 0.1) is 6.92 Å². The number of rotatable bonds is 5. The molecule has 1 aromatic carbocycles. The molecule has 0 atom stereocenters. The molecule has 0 spiro atoms. The van der Waals surface area contributed by atoms with Crippen LogP contribution in [-0.4, -0.2) is 40.2 Å². The van der Waals surface area contributed by atoms with E-state index in [2.05, 4.69) is 0 Å². The lowest BCUT2D eigenvalue weighted by atomic mass is 9.90. The maximum atomic E-state index is 12.5. The minimum atomic E-state index is -0.0477. The zero-order chi connectivity index (χ0) is 13.8. The van der Waals surface area contributed by atoms with E-state index in [1.807, 2.05) is 4.90 Å². The van der Waals surface area contributed by atoms with E-state index in [0.717, 1.165) is 24.8 Å². The summed E-state index contributed by atoms with van der Waals surface area (Å²) < 4.78 is 0. The van der Waals surface area contributed by atoms with Crippen molar-refractivity contribution in [3.05, 3.63) is 29.3 Å². The first kappa shape index (κ1) is 13.9. The van der Waals surface area contributed by atoms with Crippen molar-refractivity contribution in [2.45, 2.75) is 38.6 Å². The number of benzene rings is 1. The number of hydrogen-bond donors (Lipinski definition) is 2. The molecule has 0 aromatic heterocycles. The van der Waals surface area contributed by atoms with Gasteiger partial charge in [-0.15, -0.1) is 0 Å². The lowest BCUT2D eigenvalue weighted by Gasteiger charge is -2.37. The van der Waals surface area contributed by atoms with E-state index in [9.17, 15) is 9.90 Å². The molecular formula is C15H21NO3. The molecule has 1 amide bonds. The van der Waals surface area contributed by atoms with Crippen molar-refractivity contribution < 1.29 is 15.0 Å². The number of aryl methyl sites for hydroxylation is 1. The van der Waals surface area contributed by atoms with Gasteiger partial charge in [-0.2, -0.15) is 0 Å². The Labute approximate surface area is 113 Å². The average Bonchev–Trinajstić information content (AvgIpc) is 2.34. The molecule has 0 saturated heterocycles. The number of carbonyl (C=O) groups is 1. The van der Waals surface area contributed by atoms with Crippen LogP contribution in [0.5, 0.6) is 5.75 Å². The number of phenols is 1. The predicted molar refractivity (Wildman–Crippen MR) is 73.2 cm³/mol. The maximum Gasteiger partial charge on any atom is 0.254 e. The van der Waals surface area contributed by atoms with Crippen LogP contribution in [0.15, 0.2) is 18.2 Å². The Kier molecular flexibility index (Phi) is 4.43. The molecule has 4 heteroatoms. The van der Waals surface area contributed by atoms with Crippen LogP contribution in [0.2, 0.25) is 0 Å². The van der Waals surface area contributed by atoms with E-state index in [0.29, 0.717) is 24.6 Å². The van der Waals surface area contributed by atoms with E-state index in [1.54, 1.807) is 19.1 Å². The first-order chi connectivity index (χ1) is 9.13. The highest BCUT2D eigenvalue weighted by atomic mass is 16.3. The molecule has 2 N–H and O–H groups in total. The van der Waals surface area contributed by atoms with Gasteiger partial charge in [-0.25, -0.2) is 0 Å². The van der Waals surface area contributed by atoms with Crippen molar-refractivity contribution in [2.24, 2.45) is 0 Å². The van der Waals surface area contributed by atoms with E-state index >= 15 is 0 Å². The zero-order valence-corrected chi connectivity index (χ0v) is 11.3. The highest BCUT2D eigenvalue weighted by Crippen LogP contribution is 2.27. The van der Waals surface area contributed by atoms with Crippen molar-refractivity contribution in [3.63, 3.8) is 0 Å². The van der Waals surface area contributed by atoms with Crippen LogP contribution < -0.4 is 0 Å². The molecule has 4 nitrogen and oxygen atoms in total. The van der Waals surface area contributed by atoms with Crippen LogP contribution in [-0.2, 0) is 0 Å². The molecule has 1 saturated carbocycles. The van der Waals surface area contributed by atoms with Crippen LogP contribution in [0.4, 0.5) is 0 Å². The molecule has 0 bridgehead atoms. The monoisotopic (exact) mass is 263 g/mol.